The van der Waals surface area contributed by atoms with E-state index in [1.165, 1.54) is 6.33 Å². The third kappa shape index (κ3) is 3.14. The molecular formula is C20H25FN8. The molecule has 29 heavy (non-hydrogen) atoms. The Labute approximate surface area is 168 Å². The van der Waals surface area contributed by atoms with Crippen LogP contribution in [0.5, 0.6) is 0 Å². The number of rotatable bonds is 2. The van der Waals surface area contributed by atoms with Gasteiger partial charge in [0.25, 0.3) is 0 Å². The molecule has 0 spiro atoms. The number of aromatic nitrogens is 5. The van der Waals surface area contributed by atoms with Gasteiger partial charge < -0.3 is 10.6 Å². The van der Waals surface area contributed by atoms with E-state index in [1.807, 2.05) is 30.8 Å². The maximum Gasteiger partial charge on any atom is 0.203 e. The van der Waals surface area contributed by atoms with Crippen LogP contribution in [0.2, 0.25) is 0 Å². The van der Waals surface area contributed by atoms with Crippen molar-refractivity contribution in [3.8, 4) is 0 Å². The number of aliphatic imine (C=N–C) groups is 1. The smallest absolute Gasteiger partial charge is 0.203 e. The van der Waals surface area contributed by atoms with Crippen LogP contribution < -0.4 is 10.6 Å². The van der Waals surface area contributed by atoms with E-state index in [2.05, 4.69) is 27.6 Å². The predicted octanol–water partition coefficient (Wildman–Crippen LogP) is 3.76. The quantitative estimate of drug-likeness (QED) is 0.689. The standard InChI is InChI=1S/C20H25FN8/c1-11-8-17-22-10-23-28(17)9-16(11)25-20-24-12(2)18-13(3)27-29(19(18)26-20)15-6-4-14(21)5-7-15/h8-10,12,14-15H,4-7H2,1-3H3,(H2,24,25,26)/t12?,14-,15+. The number of halogens is 1. The summed E-state index contributed by atoms with van der Waals surface area (Å²) in [6.45, 7) is 6.16. The molecule has 1 aliphatic carbocycles. The minimum atomic E-state index is -0.685. The number of anilines is 1. The molecule has 0 amide bonds. The lowest BCUT2D eigenvalue weighted by Gasteiger charge is -2.28. The molecule has 5 rings (SSSR count). The summed E-state index contributed by atoms with van der Waals surface area (Å²) in [5, 5.41) is 15.8. The molecule has 1 fully saturated rings. The van der Waals surface area contributed by atoms with Gasteiger partial charge in [-0.05, 0) is 58.1 Å². The van der Waals surface area contributed by atoms with Gasteiger partial charge in [-0.25, -0.2) is 18.6 Å². The highest BCUT2D eigenvalue weighted by Crippen LogP contribution is 2.38. The normalized spacial score (nSPS) is 24.1. The fourth-order valence-electron chi connectivity index (χ4n) is 4.40. The lowest BCUT2D eigenvalue weighted by Crippen LogP contribution is -2.36. The van der Waals surface area contributed by atoms with Crippen LogP contribution in [0, 0.1) is 13.8 Å². The second-order valence-corrected chi connectivity index (χ2v) is 8.06. The van der Waals surface area contributed by atoms with Crippen LogP contribution in [-0.2, 0) is 0 Å². The van der Waals surface area contributed by atoms with Crippen molar-refractivity contribution in [3.63, 3.8) is 0 Å². The minimum Gasteiger partial charge on any atom is -0.349 e. The molecule has 1 unspecified atom stereocenters. The molecule has 2 aliphatic rings. The monoisotopic (exact) mass is 396 g/mol. The Hall–Kier alpha value is -2.97. The fraction of sp³-hybridized carbons (Fsp3) is 0.500. The molecule has 0 radical (unpaired) electrons. The molecule has 0 bridgehead atoms. The number of nitrogens with one attached hydrogen (secondary N) is 2. The van der Waals surface area contributed by atoms with Gasteiger partial charge in [0.15, 0.2) is 11.5 Å². The van der Waals surface area contributed by atoms with E-state index in [4.69, 9.17) is 10.1 Å². The Morgan fingerprint density at radius 3 is 2.79 bits per heavy atom. The molecule has 1 aliphatic heterocycles. The number of hydrogen-bond donors (Lipinski definition) is 2. The third-order valence-electron chi connectivity index (χ3n) is 5.96. The van der Waals surface area contributed by atoms with Crippen molar-refractivity contribution in [2.75, 3.05) is 5.32 Å². The van der Waals surface area contributed by atoms with Gasteiger partial charge in [-0.2, -0.15) is 15.2 Å². The average Bonchev–Trinajstić information content (AvgIpc) is 3.27. The minimum absolute atomic E-state index is 0.0756. The Balaban J connectivity index is 1.50. The van der Waals surface area contributed by atoms with Crippen molar-refractivity contribution in [2.24, 2.45) is 4.99 Å². The average molecular weight is 396 g/mol. The lowest BCUT2D eigenvalue weighted by atomic mass is 9.94. The highest BCUT2D eigenvalue weighted by atomic mass is 19.1. The summed E-state index contributed by atoms with van der Waals surface area (Å²) in [7, 11) is 0. The van der Waals surface area contributed by atoms with Gasteiger partial charge >= 0.3 is 0 Å². The van der Waals surface area contributed by atoms with Crippen molar-refractivity contribution in [2.45, 2.75) is 64.7 Å². The zero-order valence-corrected chi connectivity index (χ0v) is 16.9. The van der Waals surface area contributed by atoms with Crippen molar-refractivity contribution >= 4 is 23.1 Å². The van der Waals surface area contributed by atoms with Crippen molar-refractivity contribution in [1.82, 2.24) is 29.7 Å². The van der Waals surface area contributed by atoms with Crippen molar-refractivity contribution < 1.29 is 4.39 Å². The molecule has 2 N–H and O–H groups in total. The van der Waals surface area contributed by atoms with E-state index in [0.717, 1.165) is 46.8 Å². The Bertz CT molecular complexity index is 1090. The molecule has 1 saturated carbocycles. The van der Waals surface area contributed by atoms with Gasteiger partial charge in [0.05, 0.1) is 29.7 Å². The van der Waals surface area contributed by atoms with Crippen LogP contribution in [0.4, 0.5) is 15.9 Å². The zero-order valence-electron chi connectivity index (χ0n) is 16.9. The second-order valence-electron chi connectivity index (χ2n) is 8.06. The van der Waals surface area contributed by atoms with E-state index in [9.17, 15) is 4.39 Å². The van der Waals surface area contributed by atoms with Crippen LogP contribution in [0.1, 0.15) is 61.5 Å². The van der Waals surface area contributed by atoms with Crippen LogP contribution in [0.25, 0.3) is 5.65 Å². The first-order chi connectivity index (χ1) is 14.0. The van der Waals surface area contributed by atoms with E-state index in [0.29, 0.717) is 18.8 Å². The molecule has 3 aromatic heterocycles. The largest absolute Gasteiger partial charge is 0.349 e. The van der Waals surface area contributed by atoms with Crippen LogP contribution in [-0.4, -0.2) is 36.5 Å². The predicted molar refractivity (Wildman–Crippen MR) is 109 cm³/mol. The Morgan fingerprint density at radius 1 is 1.21 bits per heavy atom. The number of pyridine rings is 1. The number of fused-ring (bicyclic) bond motifs is 2. The maximum absolute atomic E-state index is 13.6. The van der Waals surface area contributed by atoms with Gasteiger partial charge in [0.2, 0.25) is 5.96 Å². The third-order valence-corrected chi connectivity index (χ3v) is 5.96. The summed E-state index contributed by atoms with van der Waals surface area (Å²) in [5.41, 5.74) is 4.86. The molecule has 1 atom stereocenters. The molecule has 152 valence electrons. The van der Waals surface area contributed by atoms with Crippen LogP contribution in [0.15, 0.2) is 23.6 Å². The zero-order chi connectivity index (χ0) is 20.1. The second kappa shape index (κ2) is 6.82. The summed E-state index contributed by atoms with van der Waals surface area (Å²) in [4.78, 5) is 9.09. The number of nitrogens with zero attached hydrogens (tertiary/aromatic N) is 6. The number of aryl methyl sites for hydroxylation is 2. The lowest BCUT2D eigenvalue weighted by molar-refractivity contribution is 0.202. The van der Waals surface area contributed by atoms with Gasteiger partial charge in [-0.3, -0.25) is 0 Å². The molecule has 0 aromatic carbocycles. The van der Waals surface area contributed by atoms with E-state index in [-0.39, 0.29) is 12.1 Å². The highest BCUT2D eigenvalue weighted by Gasteiger charge is 2.31. The highest BCUT2D eigenvalue weighted by molar-refractivity contribution is 5.97. The van der Waals surface area contributed by atoms with Gasteiger partial charge in [-0.15, -0.1) is 0 Å². The molecule has 3 aromatic rings. The number of alkyl halides is 1. The van der Waals surface area contributed by atoms with Crippen molar-refractivity contribution in [3.05, 3.63) is 35.4 Å². The first kappa shape index (κ1) is 18.1. The van der Waals surface area contributed by atoms with Gasteiger partial charge in [0.1, 0.15) is 12.5 Å². The Morgan fingerprint density at radius 2 is 2.00 bits per heavy atom. The van der Waals surface area contributed by atoms with Gasteiger partial charge in [-0.1, -0.05) is 0 Å². The number of guanidine groups is 1. The van der Waals surface area contributed by atoms with Crippen molar-refractivity contribution in [1.29, 1.82) is 0 Å². The first-order valence-corrected chi connectivity index (χ1v) is 10.1. The SMILES string of the molecule is Cc1cc2ncnn2cc1NC1=Nc2c(c(C)nn2[C@H]2CC[C@@H](F)CC2)C(C)N1. The van der Waals surface area contributed by atoms with Crippen LogP contribution >= 0.6 is 0 Å². The van der Waals surface area contributed by atoms with E-state index >= 15 is 0 Å². The molecule has 9 heteroatoms. The summed E-state index contributed by atoms with van der Waals surface area (Å²) in [5.74, 6) is 1.55. The molecule has 4 heterocycles. The summed E-state index contributed by atoms with van der Waals surface area (Å²) >= 11 is 0. The summed E-state index contributed by atoms with van der Waals surface area (Å²) in [6, 6.07) is 2.26. The first-order valence-electron chi connectivity index (χ1n) is 10.1. The maximum atomic E-state index is 13.6. The Kier molecular flexibility index (Phi) is 4.25. The van der Waals surface area contributed by atoms with E-state index in [1.54, 1.807) is 4.52 Å². The van der Waals surface area contributed by atoms with Crippen LogP contribution in [0.3, 0.4) is 0 Å². The summed E-state index contributed by atoms with van der Waals surface area (Å²) < 4.78 is 17.4. The molecule has 8 nitrogen and oxygen atoms in total. The number of hydrogen-bond acceptors (Lipinski definition) is 6. The molecular weight excluding hydrogens is 371 g/mol. The summed E-state index contributed by atoms with van der Waals surface area (Å²) in [6.07, 6.45) is 5.56. The topological polar surface area (TPSA) is 84.4 Å². The molecule has 0 saturated heterocycles. The fourth-order valence-corrected chi connectivity index (χ4v) is 4.40. The van der Waals surface area contributed by atoms with Gasteiger partial charge in [0, 0.05) is 5.56 Å². The van der Waals surface area contributed by atoms with E-state index < -0.39 is 6.17 Å².